The van der Waals surface area contributed by atoms with Crippen molar-refractivity contribution in [1.29, 1.82) is 0 Å². The predicted molar refractivity (Wildman–Crippen MR) is 71.4 cm³/mol. The lowest BCUT2D eigenvalue weighted by Crippen LogP contribution is -2.09. The summed E-state index contributed by atoms with van der Waals surface area (Å²) in [5.41, 5.74) is -0.987. The monoisotopic (exact) mass is 327 g/mol. The number of nitrogens with zero attached hydrogens (tertiary/aromatic N) is 5. The summed E-state index contributed by atoms with van der Waals surface area (Å²) in [6, 6.07) is 2.69. The summed E-state index contributed by atoms with van der Waals surface area (Å²) in [5.74, 6) is 1.49. The van der Waals surface area contributed by atoms with Gasteiger partial charge in [0.05, 0.1) is 0 Å². The Hall–Kier alpha value is -1.64. The van der Waals surface area contributed by atoms with Crippen LogP contribution < -0.4 is 0 Å². The van der Waals surface area contributed by atoms with E-state index in [9.17, 15) is 13.2 Å². The molecule has 4 rings (SSSR count). The van der Waals surface area contributed by atoms with Crippen LogP contribution >= 0.6 is 11.8 Å². The molecule has 2 heterocycles. The van der Waals surface area contributed by atoms with Crippen molar-refractivity contribution in [3.8, 4) is 0 Å². The summed E-state index contributed by atoms with van der Waals surface area (Å²) in [6.07, 6.45) is 0.00258. The highest BCUT2D eigenvalue weighted by Gasteiger charge is 2.37. The third-order valence-corrected chi connectivity index (χ3v) is 4.56. The Morgan fingerprint density at radius 1 is 1.00 bits per heavy atom. The van der Waals surface area contributed by atoms with Gasteiger partial charge in [0.2, 0.25) is 0 Å². The molecule has 0 unspecified atom stereocenters. The Kier molecular flexibility index (Phi) is 3.14. The van der Waals surface area contributed by atoms with E-state index in [1.165, 1.54) is 17.8 Å². The summed E-state index contributed by atoms with van der Waals surface area (Å²) in [4.78, 5) is 0. The molecule has 2 aliphatic carbocycles. The molecule has 2 aliphatic rings. The third kappa shape index (κ3) is 2.69. The van der Waals surface area contributed by atoms with Crippen LogP contribution in [0.25, 0.3) is 0 Å². The Morgan fingerprint density at radius 3 is 2.32 bits per heavy atom. The van der Waals surface area contributed by atoms with Gasteiger partial charge >= 0.3 is 6.18 Å². The molecule has 2 fully saturated rings. The summed E-state index contributed by atoms with van der Waals surface area (Å²) < 4.78 is 39.6. The maximum Gasteiger partial charge on any atom is 0.435 e. The first-order chi connectivity index (χ1) is 10.5. The van der Waals surface area contributed by atoms with Crippen molar-refractivity contribution < 1.29 is 13.2 Å². The number of aromatic nitrogens is 5. The average Bonchev–Trinajstić information content (AvgIpc) is 3.38. The first-order valence-corrected chi connectivity index (χ1v) is 7.87. The predicted octanol–water partition coefficient (Wildman–Crippen LogP) is 3.45. The molecule has 22 heavy (non-hydrogen) atoms. The fourth-order valence-corrected chi connectivity index (χ4v) is 3.10. The first kappa shape index (κ1) is 14.0. The Labute approximate surface area is 128 Å². The standard InChI is InChI=1S/C13H12F3N5S/c14-13(15,16)9-5-6-10(18-17-9)22-12-20-19-11(7-1-2-7)21(12)8-3-4-8/h5-8H,1-4H2. The molecule has 5 nitrogen and oxygen atoms in total. The number of hydrogen-bond acceptors (Lipinski definition) is 5. The van der Waals surface area contributed by atoms with Gasteiger partial charge in [-0.25, -0.2) is 0 Å². The van der Waals surface area contributed by atoms with Gasteiger partial charge in [0.25, 0.3) is 0 Å². The van der Waals surface area contributed by atoms with Crippen LogP contribution in [0.4, 0.5) is 13.2 Å². The smallest absolute Gasteiger partial charge is 0.302 e. The molecular formula is C13H12F3N5S. The van der Waals surface area contributed by atoms with E-state index < -0.39 is 11.9 Å². The van der Waals surface area contributed by atoms with Gasteiger partial charge in [0, 0.05) is 12.0 Å². The van der Waals surface area contributed by atoms with Gasteiger partial charge in [-0.2, -0.15) is 13.2 Å². The molecule has 0 atom stereocenters. The second kappa shape index (κ2) is 4.94. The van der Waals surface area contributed by atoms with Crippen molar-refractivity contribution in [2.24, 2.45) is 0 Å². The maximum atomic E-state index is 12.5. The molecule has 0 aromatic carbocycles. The molecule has 0 aliphatic heterocycles. The minimum atomic E-state index is -4.47. The van der Waals surface area contributed by atoms with Crippen LogP contribution in [-0.2, 0) is 6.18 Å². The number of rotatable bonds is 4. The zero-order chi connectivity index (χ0) is 15.3. The average molecular weight is 327 g/mol. The zero-order valence-corrected chi connectivity index (χ0v) is 12.2. The normalized spacial score (nSPS) is 18.7. The second-order valence-electron chi connectivity index (χ2n) is 5.57. The van der Waals surface area contributed by atoms with Crippen LogP contribution in [0.2, 0.25) is 0 Å². The molecule has 0 saturated heterocycles. The molecule has 116 valence electrons. The first-order valence-electron chi connectivity index (χ1n) is 7.06. The Bertz CT molecular complexity index is 689. The fraction of sp³-hybridized carbons (Fsp3) is 0.538. The number of halogens is 3. The van der Waals surface area contributed by atoms with Gasteiger partial charge < -0.3 is 4.57 Å². The molecule has 0 spiro atoms. The maximum absolute atomic E-state index is 12.5. The van der Waals surface area contributed by atoms with E-state index in [1.807, 2.05) is 0 Å². The van der Waals surface area contributed by atoms with Crippen molar-refractivity contribution in [1.82, 2.24) is 25.0 Å². The highest BCUT2D eigenvalue weighted by Crippen LogP contribution is 2.46. The van der Waals surface area contributed by atoms with Gasteiger partial charge in [-0.05, 0) is 49.6 Å². The molecule has 9 heteroatoms. The van der Waals surface area contributed by atoms with Crippen molar-refractivity contribution in [2.75, 3.05) is 0 Å². The minimum Gasteiger partial charge on any atom is -0.302 e. The Balaban J connectivity index is 1.58. The van der Waals surface area contributed by atoms with E-state index >= 15 is 0 Å². The van der Waals surface area contributed by atoms with Crippen molar-refractivity contribution in [3.05, 3.63) is 23.7 Å². The highest BCUT2D eigenvalue weighted by atomic mass is 32.2. The SMILES string of the molecule is FC(F)(F)c1ccc(Sc2nnc(C3CC3)n2C2CC2)nn1. The van der Waals surface area contributed by atoms with Crippen LogP contribution in [0.1, 0.15) is 49.2 Å². The lowest BCUT2D eigenvalue weighted by atomic mass is 10.4. The highest BCUT2D eigenvalue weighted by molar-refractivity contribution is 7.99. The minimum absolute atomic E-state index is 0.393. The Morgan fingerprint density at radius 2 is 1.77 bits per heavy atom. The number of hydrogen-bond donors (Lipinski definition) is 0. The van der Waals surface area contributed by atoms with Gasteiger partial charge in [-0.1, -0.05) is 0 Å². The van der Waals surface area contributed by atoms with Gasteiger partial charge in [0.15, 0.2) is 10.9 Å². The van der Waals surface area contributed by atoms with Crippen LogP contribution in [0.15, 0.2) is 22.3 Å². The zero-order valence-electron chi connectivity index (χ0n) is 11.4. The summed E-state index contributed by atoms with van der Waals surface area (Å²) >= 11 is 1.22. The van der Waals surface area contributed by atoms with Crippen LogP contribution in [0, 0.1) is 0 Å². The van der Waals surface area contributed by atoms with E-state index in [0.717, 1.165) is 37.6 Å². The van der Waals surface area contributed by atoms with Gasteiger partial charge in [-0.3, -0.25) is 0 Å². The van der Waals surface area contributed by atoms with E-state index in [1.54, 1.807) is 0 Å². The second-order valence-corrected chi connectivity index (χ2v) is 6.56. The largest absolute Gasteiger partial charge is 0.435 e. The van der Waals surface area contributed by atoms with Crippen LogP contribution in [0.3, 0.4) is 0 Å². The lowest BCUT2D eigenvalue weighted by molar-refractivity contribution is -0.141. The fourth-order valence-electron chi connectivity index (χ4n) is 2.27. The van der Waals surface area contributed by atoms with Crippen molar-refractivity contribution in [2.45, 2.75) is 54.0 Å². The molecule has 2 aromatic rings. The molecule has 0 amide bonds. The number of alkyl halides is 3. The third-order valence-electron chi connectivity index (χ3n) is 3.67. The summed E-state index contributed by atoms with van der Waals surface area (Å²) in [6.45, 7) is 0. The van der Waals surface area contributed by atoms with E-state index in [4.69, 9.17) is 0 Å². The molecule has 0 bridgehead atoms. The molecule has 0 N–H and O–H groups in total. The molecule has 2 aromatic heterocycles. The topological polar surface area (TPSA) is 56.5 Å². The van der Waals surface area contributed by atoms with E-state index in [2.05, 4.69) is 25.0 Å². The van der Waals surface area contributed by atoms with Gasteiger partial charge in [0.1, 0.15) is 10.9 Å². The quantitative estimate of drug-likeness (QED) is 0.861. The molecular weight excluding hydrogens is 315 g/mol. The van der Waals surface area contributed by atoms with Gasteiger partial charge in [-0.15, -0.1) is 20.4 Å². The van der Waals surface area contributed by atoms with E-state index in [-0.39, 0.29) is 0 Å². The van der Waals surface area contributed by atoms with E-state index in [0.29, 0.717) is 22.1 Å². The molecule has 0 radical (unpaired) electrons. The van der Waals surface area contributed by atoms with Crippen molar-refractivity contribution >= 4 is 11.8 Å². The summed E-state index contributed by atoms with van der Waals surface area (Å²) in [5, 5.41) is 16.4. The van der Waals surface area contributed by atoms with Crippen LogP contribution in [0.5, 0.6) is 0 Å². The van der Waals surface area contributed by atoms with Crippen LogP contribution in [-0.4, -0.2) is 25.0 Å². The van der Waals surface area contributed by atoms with Crippen molar-refractivity contribution in [3.63, 3.8) is 0 Å². The summed E-state index contributed by atoms with van der Waals surface area (Å²) in [7, 11) is 0. The lowest BCUT2D eigenvalue weighted by Gasteiger charge is -2.08. The molecule has 2 saturated carbocycles.